The van der Waals surface area contributed by atoms with E-state index < -0.39 is 0 Å². The van der Waals surface area contributed by atoms with Gasteiger partial charge in [-0.1, -0.05) is 50.4 Å². The Morgan fingerprint density at radius 1 is 1.34 bits per heavy atom. The Bertz CT molecular complexity index is 800. The first-order chi connectivity index (χ1) is 14.0. The van der Waals surface area contributed by atoms with Crippen LogP contribution in [0.5, 0.6) is 0 Å². The van der Waals surface area contributed by atoms with E-state index in [1.54, 1.807) is 0 Å². The fraction of sp³-hybridized carbons (Fsp3) is 0.522. The van der Waals surface area contributed by atoms with Gasteiger partial charge in [0.2, 0.25) is 5.91 Å². The summed E-state index contributed by atoms with van der Waals surface area (Å²) in [7, 11) is 0. The normalized spacial score (nSPS) is 17.5. The van der Waals surface area contributed by atoms with Gasteiger partial charge in [0.05, 0.1) is 5.92 Å². The van der Waals surface area contributed by atoms with Crippen LogP contribution < -0.4 is 5.32 Å². The van der Waals surface area contributed by atoms with Crippen molar-refractivity contribution in [2.75, 3.05) is 5.32 Å². The number of amides is 1. The Balaban J connectivity index is 2.13. The van der Waals surface area contributed by atoms with Crippen molar-refractivity contribution in [1.29, 1.82) is 0 Å². The highest BCUT2D eigenvalue weighted by atomic mass is 35.5. The summed E-state index contributed by atoms with van der Waals surface area (Å²) in [6.45, 7) is 7.92. The Labute approximate surface area is 179 Å². The zero-order valence-electron chi connectivity index (χ0n) is 18.0. The molecule has 0 bridgehead atoms. The standard InChI is InChI=1S/C23H33ClN4O/c1-5-10-18(14-13-17(24)6-2)25-20(8-4)19(7-3)23(29)26-22-15-21(27-28-22)16-11-9-12-16/h6,8,13-16,19H,5,7,9-12H2,1-4H3,(H2,26,27,28,29)/b14-13-,17-6+,20-8-,25-18-. The van der Waals surface area contributed by atoms with Gasteiger partial charge in [-0.05, 0) is 51.7 Å². The van der Waals surface area contributed by atoms with Crippen LogP contribution in [0.25, 0.3) is 0 Å². The topological polar surface area (TPSA) is 70.1 Å². The third-order valence-electron chi connectivity index (χ3n) is 5.26. The van der Waals surface area contributed by atoms with Crippen molar-refractivity contribution in [2.45, 2.75) is 72.1 Å². The van der Waals surface area contributed by atoms with Gasteiger partial charge in [0.1, 0.15) is 0 Å². The number of aliphatic imine (C=N–C) groups is 1. The number of aromatic amines is 1. The number of hydrogen-bond donors (Lipinski definition) is 2. The Morgan fingerprint density at radius 3 is 2.66 bits per heavy atom. The molecule has 1 aromatic rings. The molecule has 5 nitrogen and oxygen atoms in total. The quantitative estimate of drug-likeness (QED) is 0.338. The van der Waals surface area contributed by atoms with Gasteiger partial charge < -0.3 is 5.32 Å². The molecule has 1 aromatic heterocycles. The van der Waals surface area contributed by atoms with Crippen LogP contribution in [0.2, 0.25) is 0 Å². The first-order valence-corrected chi connectivity index (χ1v) is 11.0. The molecular weight excluding hydrogens is 384 g/mol. The number of carbonyl (C=O) groups excluding carboxylic acids is 1. The second-order valence-corrected chi connectivity index (χ2v) is 7.80. The van der Waals surface area contributed by atoms with Crippen LogP contribution in [-0.2, 0) is 4.79 Å². The average Bonchev–Trinajstić information content (AvgIpc) is 3.11. The van der Waals surface area contributed by atoms with Crippen molar-refractivity contribution in [3.8, 4) is 0 Å². The average molecular weight is 417 g/mol. The molecule has 6 heteroatoms. The van der Waals surface area contributed by atoms with Crippen LogP contribution in [0.3, 0.4) is 0 Å². The smallest absolute Gasteiger partial charge is 0.234 e. The Morgan fingerprint density at radius 2 is 2.10 bits per heavy atom. The lowest BCUT2D eigenvalue weighted by molar-refractivity contribution is -0.118. The second-order valence-electron chi connectivity index (χ2n) is 7.36. The van der Waals surface area contributed by atoms with Gasteiger partial charge in [-0.25, -0.2) is 0 Å². The van der Waals surface area contributed by atoms with Crippen LogP contribution in [0.4, 0.5) is 5.82 Å². The minimum atomic E-state index is -0.332. The summed E-state index contributed by atoms with van der Waals surface area (Å²) in [4.78, 5) is 17.7. The summed E-state index contributed by atoms with van der Waals surface area (Å²) >= 11 is 6.08. The molecule has 1 fully saturated rings. The van der Waals surface area contributed by atoms with Gasteiger partial charge in [0.25, 0.3) is 0 Å². The van der Waals surface area contributed by atoms with Crippen LogP contribution in [-0.4, -0.2) is 21.8 Å². The van der Waals surface area contributed by atoms with Crippen molar-refractivity contribution >= 4 is 29.0 Å². The lowest BCUT2D eigenvalue weighted by Gasteiger charge is -2.23. The molecule has 0 aromatic carbocycles. The van der Waals surface area contributed by atoms with Crippen LogP contribution in [0, 0.1) is 5.92 Å². The summed E-state index contributed by atoms with van der Waals surface area (Å²) in [6.07, 6.45) is 13.6. The molecule has 1 saturated carbocycles. The molecule has 29 heavy (non-hydrogen) atoms. The maximum Gasteiger partial charge on any atom is 0.234 e. The molecule has 1 atom stereocenters. The fourth-order valence-electron chi connectivity index (χ4n) is 3.29. The molecule has 1 aliphatic carbocycles. The number of nitrogens with zero attached hydrogens (tertiary/aromatic N) is 2. The number of nitrogens with one attached hydrogen (secondary N) is 2. The van der Waals surface area contributed by atoms with E-state index in [2.05, 4.69) is 22.4 Å². The number of H-pyrrole nitrogens is 1. The Kier molecular flexibility index (Phi) is 9.39. The van der Waals surface area contributed by atoms with E-state index in [1.807, 2.05) is 51.1 Å². The van der Waals surface area contributed by atoms with Gasteiger partial charge in [-0.2, -0.15) is 5.10 Å². The monoisotopic (exact) mass is 416 g/mol. The van der Waals surface area contributed by atoms with Crippen LogP contribution in [0.15, 0.2) is 46.1 Å². The molecule has 1 aliphatic rings. The van der Waals surface area contributed by atoms with E-state index in [4.69, 9.17) is 16.6 Å². The number of allylic oxidation sites excluding steroid dienone is 5. The van der Waals surface area contributed by atoms with E-state index in [9.17, 15) is 4.79 Å². The van der Waals surface area contributed by atoms with Gasteiger partial charge in [0, 0.05) is 34.1 Å². The minimum Gasteiger partial charge on any atom is -0.309 e. The van der Waals surface area contributed by atoms with E-state index in [1.165, 1.54) is 19.3 Å². The highest BCUT2D eigenvalue weighted by molar-refractivity contribution is 6.31. The molecule has 1 unspecified atom stereocenters. The molecule has 0 spiro atoms. The fourth-order valence-corrected chi connectivity index (χ4v) is 3.35. The molecule has 2 rings (SSSR count). The van der Waals surface area contributed by atoms with Gasteiger partial charge in [-0.15, -0.1) is 0 Å². The van der Waals surface area contributed by atoms with E-state index >= 15 is 0 Å². The SMILES string of the molecule is C\C=C(/N=C(\C=C/C(Cl)=C\C)CCC)C(CC)C(=O)Nc1cc(C2CCC2)[nH]n1. The first kappa shape index (κ1) is 23.1. The maximum absolute atomic E-state index is 12.9. The minimum absolute atomic E-state index is 0.0812. The zero-order chi connectivity index (χ0) is 21.2. The molecule has 2 N–H and O–H groups in total. The molecular formula is C23H33ClN4O. The highest BCUT2D eigenvalue weighted by Crippen LogP contribution is 2.36. The van der Waals surface area contributed by atoms with Crippen molar-refractivity contribution in [2.24, 2.45) is 10.9 Å². The summed E-state index contributed by atoms with van der Waals surface area (Å²) in [5.41, 5.74) is 2.79. The predicted molar refractivity (Wildman–Crippen MR) is 122 cm³/mol. The van der Waals surface area contributed by atoms with E-state index in [0.717, 1.165) is 29.9 Å². The van der Waals surface area contributed by atoms with Crippen LogP contribution in [0.1, 0.15) is 77.8 Å². The first-order valence-electron chi connectivity index (χ1n) is 10.6. The van der Waals surface area contributed by atoms with Crippen molar-refractivity contribution in [3.05, 3.63) is 46.8 Å². The van der Waals surface area contributed by atoms with E-state index in [-0.39, 0.29) is 11.8 Å². The van der Waals surface area contributed by atoms with Gasteiger partial charge >= 0.3 is 0 Å². The van der Waals surface area contributed by atoms with Crippen molar-refractivity contribution < 1.29 is 4.79 Å². The molecule has 158 valence electrons. The lowest BCUT2D eigenvalue weighted by Crippen LogP contribution is -2.24. The molecule has 0 saturated heterocycles. The van der Waals surface area contributed by atoms with Gasteiger partial charge in [-0.3, -0.25) is 14.9 Å². The summed E-state index contributed by atoms with van der Waals surface area (Å²) in [5.74, 6) is 0.727. The number of halogens is 1. The summed E-state index contributed by atoms with van der Waals surface area (Å²) in [5, 5.41) is 11.0. The van der Waals surface area contributed by atoms with Crippen molar-refractivity contribution in [3.63, 3.8) is 0 Å². The molecule has 1 heterocycles. The largest absolute Gasteiger partial charge is 0.309 e. The number of hydrogen-bond acceptors (Lipinski definition) is 3. The molecule has 0 radical (unpaired) electrons. The zero-order valence-corrected chi connectivity index (χ0v) is 18.7. The number of anilines is 1. The number of aromatic nitrogens is 2. The number of carbonyl (C=O) groups is 1. The van der Waals surface area contributed by atoms with Crippen molar-refractivity contribution in [1.82, 2.24) is 10.2 Å². The third-order valence-corrected chi connectivity index (χ3v) is 5.61. The van der Waals surface area contributed by atoms with E-state index in [0.29, 0.717) is 23.2 Å². The summed E-state index contributed by atoms with van der Waals surface area (Å²) in [6, 6.07) is 1.96. The highest BCUT2D eigenvalue weighted by Gasteiger charge is 2.24. The van der Waals surface area contributed by atoms with Gasteiger partial charge in [0.15, 0.2) is 5.82 Å². The van der Waals surface area contributed by atoms with Crippen LogP contribution >= 0.6 is 11.6 Å². The second kappa shape index (κ2) is 11.8. The lowest BCUT2D eigenvalue weighted by atomic mass is 9.83. The summed E-state index contributed by atoms with van der Waals surface area (Å²) < 4.78 is 0. The predicted octanol–water partition coefficient (Wildman–Crippen LogP) is 6.49. The molecule has 0 aliphatic heterocycles. The third kappa shape index (κ3) is 6.70. The number of rotatable bonds is 10. The molecule has 1 amide bonds. The maximum atomic E-state index is 12.9. The Hall–Kier alpha value is -2.14.